The van der Waals surface area contributed by atoms with Gasteiger partial charge in [0.05, 0.1) is 11.6 Å². The Hall–Kier alpha value is -1.86. The van der Waals surface area contributed by atoms with Crippen molar-refractivity contribution in [2.75, 3.05) is 0 Å². The molecule has 0 fully saturated rings. The van der Waals surface area contributed by atoms with Crippen LogP contribution >= 0.6 is 11.8 Å². The quantitative estimate of drug-likeness (QED) is 0.740. The van der Waals surface area contributed by atoms with Crippen molar-refractivity contribution >= 4 is 11.8 Å². The number of nitriles is 1. The molecule has 1 aromatic heterocycles. The van der Waals surface area contributed by atoms with Crippen molar-refractivity contribution in [3.05, 3.63) is 47.9 Å². The van der Waals surface area contributed by atoms with Crippen molar-refractivity contribution in [3.8, 4) is 6.07 Å². The lowest BCUT2D eigenvalue weighted by Gasteiger charge is -2.01. The molecular formula is C12H9N3S. The van der Waals surface area contributed by atoms with E-state index in [1.807, 2.05) is 31.2 Å². The van der Waals surface area contributed by atoms with Gasteiger partial charge in [0.2, 0.25) is 0 Å². The molecule has 0 saturated carbocycles. The fourth-order valence-corrected chi connectivity index (χ4v) is 2.14. The topological polar surface area (TPSA) is 49.6 Å². The summed E-state index contributed by atoms with van der Waals surface area (Å²) < 4.78 is 0. The summed E-state index contributed by atoms with van der Waals surface area (Å²) >= 11 is 1.53. The van der Waals surface area contributed by atoms with E-state index >= 15 is 0 Å². The molecule has 0 aliphatic carbocycles. The molecule has 0 aliphatic heterocycles. The lowest BCUT2D eigenvalue weighted by molar-refractivity contribution is 1.01. The van der Waals surface area contributed by atoms with Gasteiger partial charge in [-0.1, -0.05) is 17.8 Å². The summed E-state index contributed by atoms with van der Waals surface area (Å²) in [7, 11) is 0. The zero-order chi connectivity index (χ0) is 11.4. The number of benzene rings is 1. The third-order valence-electron chi connectivity index (χ3n) is 1.96. The second-order valence-corrected chi connectivity index (χ2v) is 4.33. The van der Waals surface area contributed by atoms with Gasteiger partial charge in [-0.3, -0.25) is 0 Å². The van der Waals surface area contributed by atoms with Crippen molar-refractivity contribution in [1.82, 2.24) is 9.97 Å². The smallest absolute Gasteiger partial charge is 0.116 e. The van der Waals surface area contributed by atoms with E-state index in [-0.39, 0.29) is 0 Å². The van der Waals surface area contributed by atoms with Crippen molar-refractivity contribution in [2.45, 2.75) is 16.8 Å². The van der Waals surface area contributed by atoms with Crippen molar-refractivity contribution in [2.24, 2.45) is 0 Å². The molecule has 0 bridgehead atoms. The highest BCUT2D eigenvalue weighted by atomic mass is 32.2. The van der Waals surface area contributed by atoms with Crippen LogP contribution in [0.2, 0.25) is 0 Å². The van der Waals surface area contributed by atoms with Gasteiger partial charge in [0.1, 0.15) is 11.4 Å². The fraction of sp³-hybridized carbons (Fsp3) is 0.0833. The maximum Gasteiger partial charge on any atom is 0.116 e. The van der Waals surface area contributed by atoms with E-state index in [9.17, 15) is 0 Å². The minimum Gasteiger partial charge on any atom is -0.242 e. The minimum absolute atomic E-state index is 0.663. The van der Waals surface area contributed by atoms with Crippen molar-refractivity contribution in [3.63, 3.8) is 0 Å². The van der Waals surface area contributed by atoms with Gasteiger partial charge in [-0.25, -0.2) is 9.97 Å². The summed E-state index contributed by atoms with van der Waals surface area (Å²) in [5.41, 5.74) is 1.60. The first-order valence-electron chi connectivity index (χ1n) is 4.74. The molecule has 16 heavy (non-hydrogen) atoms. The van der Waals surface area contributed by atoms with E-state index < -0.39 is 0 Å². The average molecular weight is 227 g/mol. The van der Waals surface area contributed by atoms with Crippen LogP contribution in [0.3, 0.4) is 0 Å². The van der Waals surface area contributed by atoms with E-state index in [0.717, 1.165) is 15.6 Å². The Bertz CT molecular complexity index is 546. The molecule has 0 radical (unpaired) electrons. The number of hydrogen-bond donors (Lipinski definition) is 0. The van der Waals surface area contributed by atoms with E-state index in [0.29, 0.717) is 5.56 Å². The zero-order valence-corrected chi connectivity index (χ0v) is 9.53. The largest absolute Gasteiger partial charge is 0.242 e. The Morgan fingerprint density at radius 3 is 2.88 bits per heavy atom. The molecule has 3 nitrogen and oxygen atoms in total. The molecule has 4 heteroatoms. The summed E-state index contributed by atoms with van der Waals surface area (Å²) in [6, 6.07) is 11.5. The third kappa shape index (κ3) is 2.59. The molecule has 0 amide bonds. The molecule has 0 spiro atoms. The highest BCUT2D eigenvalue weighted by molar-refractivity contribution is 7.99. The number of aromatic nitrogens is 2. The highest BCUT2D eigenvalue weighted by Gasteiger charge is 2.00. The van der Waals surface area contributed by atoms with Gasteiger partial charge in [0.25, 0.3) is 0 Å². The number of rotatable bonds is 2. The van der Waals surface area contributed by atoms with Crippen LogP contribution in [0.5, 0.6) is 0 Å². The normalized spacial score (nSPS) is 9.75. The predicted octanol–water partition coefficient (Wildman–Crippen LogP) is 2.81. The molecule has 1 heterocycles. The minimum atomic E-state index is 0.663. The molecule has 2 rings (SSSR count). The first-order chi connectivity index (χ1) is 7.78. The number of aryl methyl sites for hydroxylation is 1. The molecule has 0 N–H and O–H groups in total. The zero-order valence-electron chi connectivity index (χ0n) is 8.71. The summed E-state index contributed by atoms with van der Waals surface area (Å²) in [5, 5.41) is 9.68. The Morgan fingerprint density at radius 1 is 1.25 bits per heavy atom. The third-order valence-corrected chi connectivity index (χ3v) is 2.89. The van der Waals surface area contributed by atoms with Crippen LogP contribution < -0.4 is 0 Å². The Morgan fingerprint density at radius 2 is 2.12 bits per heavy atom. The van der Waals surface area contributed by atoms with E-state index in [2.05, 4.69) is 16.0 Å². The number of hydrogen-bond acceptors (Lipinski definition) is 4. The van der Waals surface area contributed by atoms with E-state index in [1.165, 1.54) is 11.8 Å². The second kappa shape index (κ2) is 4.77. The van der Waals surface area contributed by atoms with Gasteiger partial charge in [-0.05, 0) is 31.2 Å². The Balaban J connectivity index is 2.24. The van der Waals surface area contributed by atoms with Crippen LogP contribution in [0.15, 0.2) is 46.6 Å². The Kier molecular flexibility index (Phi) is 3.18. The molecule has 0 atom stereocenters. The first kappa shape index (κ1) is 10.7. The molecule has 1 aromatic carbocycles. The maximum atomic E-state index is 8.79. The van der Waals surface area contributed by atoms with Gasteiger partial charge in [0.15, 0.2) is 0 Å². The van der Waals surface area contributed by atoms with Crippen molar-refractivity contribution < 1.29 is 0 Å². The lowest BCUT2D eigenvalue weighted by Crippen LogP contribution is -1.85. The average Bonchev–Trinajstić information content (AvgIpc) is 2.29. The van der Waals surface area contributed by atoms with Crippen LogP contribution in [0.25, 0.3) is 0 Å². The second-order valence-electron chi connectivity index (χ2n) is 3.24. The molecule has 0 unspecified atom stereocenters. The maximum absolute atomic E-state index is 8.79. The number of nitrogens with zero attached hydrogens (tertiary/aromatic N) is 3. The summed E-state index contributed by atoms with van der Waals surface area (Å²) in [5.74, 6) is 0. The predicted molar refractivity (Wildman–Crippen MR) is 62.0 cm³/mol. The van der Waals surface area contributed by atoms with Crippen molar-refractivity contribution in [1.29, 1.82) is 5.26 Å². The standard InChI is InChI=1S/C12H9N3S/c1-9-5-12(15-8-14-9)16-11-4-2-3-10(6-11)7-13/h2-6,8H,1H3. The molecule has 78 valence electrons. The van der Waals surface area contributed by atoms with Gasteiger partial charge in [0, 0.05) is 10.6 Å². The lowest BCUT2D eigenvalue weighted by atomic mass is 10.2. The van der Waals surface area contributed by atoms with E-state index in [1.54, 1.807) is 12.4 Å². The van der Waals surface area contributed by atoms with Crippen LogP contribution in [-0.4, -0.2) is 9.97 Å². The summed E-state index contributed by atoms with van der Waals surface area (Å²) in [6.45, 7) is 1.93. The molecule has 0 aliphatic rings. The summed E-state index contributed by atoms with van der Waals surface area (Å²) in [4.78, 5) is 9.21. The monoisotopic (exact) mass is 227 g/mol. The van der Waals surface area contributed by atoms with Crippen LogP contribution in [0.4, 0.5) is 0 Å². The van der Waals surface area contributed by atoms with Crippen LogP contribution in [0, 0.1) is 18.3 Å². The molecule has 2 aromatic rings. The van der Waals surface area contributed by atoms with Gasteiger partial charge in [-0.2, -0.15) is 5.26 Å². The molecule has 0 saturated heterocycles. The SMILES string of the molecule is Cc1cc(Sc2cccc(C#N)c2)ncn1. The summed E-state index contributed by atoms with van der Waals surface area (Å²) in [6.07, 6.45) is 1.55. The van der Waals surface area contributed by atoms with Crippen LogP contribution in [-0.2, 0) is 0 Å². The van der Waals surface area contributed by atoms with Gasteiger partial charge < -0.3 is 0 Å². The Labute approximate surface area is 98.2 Å². The van der Waals surface area contributed by atoms with Gasteiger partial charge in [-0.15, -0.1) is 0 Å². The highest BCUT2D eigenvalue weighted by Crippen LogP contribution is 2.26. The van der Waals surface area contributed by atoms with Gasteiger partial charge >= 0.3 is 0 Å². The van der Waals surface area contributed by atoms with Crippen LogP contribution in [0.1, 0.15) is 11.3 Å². The fourth-order valence-electron chi connectivity index (χ4n) is 1.24. The molecular weight excluding hydrogens is 218 g/mol. The van der Waals surface area contributed by atoms with E-state index in [4.69, 9.17) is 5.26 Å². The first-order valence-corrected chi connectivity index (χ1v) is 5.56.